The number of aromatic carboxylic acids is 1. The number of para-hydroxylation sites is 1. The van der Waals surface area contributed by atoms with Gasteiger partial charge in [0.1, 0.15) is 17.1 Å². The van der Waals surface area contributed by atoms with Crippen LogP contribution in [0.25, 0.3) is 11.0 Å². The zero-order chi connectivity index (χ0) is 15.1. The molecule has 1 aromatic carbocycles. The predicted molar refractivity (Wildman–Crippen MR) is 76.5 cm³/mol. The lowest BCUT2D eigenvalue weighted by molar-refractivity contribution is 0.0699. The van der Waals surface area contributed by atoms with Crippen LogP contribution in [-0.4, -0.2) is 25.8 Å². The van der Waals surface area contributed by atoms with Crippen molar-refractivity contribution in [3.8, 4) is 0 Å². The first-order valence-electron chi connectivity index (χ1n) is 6.60. The van der Waals surface area contributed by atoms with Gasteiger partial charge in [0.15, 0.2) is 0 Å². The van der Waals surface area contributed by atoms with Gasteiger partial charge >= 0.3 is 5.97 Å². The van der Waals surface area contributed by atoms with Crippen LogP contribution in [0, 0.1) is 20.8 Å². The van der Waals surface area contributed by atoms with E-state index >= 15 is 0 Å². The fourth-order valence-corrected chi connectivity index (χ4v) is 2.52. The van der Waals surface area contributed by atoms with Crippen molar-refractivity contribution >= 4 is 17.0 Å². The van der Waals surface area contributed by atoms with E-state index in [0.29, 0.717) is 12.1 Å². The number of benzene rings is 1. The summed E-state index contributed by atoms with van der Waals surface area (Å²) in [6.07, 6.45) is 0. The molecule has 0 aliphatic heterocycles. The van der Waals surface area contributed by atoms with Crippen molar-refractivity contribution in [2.45, 2.75) is 27.3 Å². The maximum Gasteiger partial charge on any atom is 0.337 e. The van der Waals surface area contributed by atoms with Crippen LogP contribution in [0.2, 0.25) is 0 Å². The quantitative estimate of drug-likeness (QED) is 0.800. The topological polar surface area (TPSA) is 81.2 Å². The Kier molecular flexibility index (Phi) is 3.01. The first kappa shape index (κ1) is 13.4. The highest BCUT2D eigenvalue weighted by molar-refractivity contribution is 6.01. The molecule has 2 heterocycles. The Morgan fingerprint density at radius 1 is 1.33 bits per heavy atom. The van der Waals surface area contributed by atoms with E-state index < -0.39 is 5.97 Å². The zero-order valence-corrected chi connectivity index (χ0v) is 12.0. The van der Waals surface area contributed by atoms with Crippen LogP contribution in [0.1, 0.15) is 33.2 Å². The number of carboxylic acids is 1. The van der Waals surface area contributed by atoms with Gasteiger partial charge in [-0.25, -0.2) is 9.78 Å². The average Bonchev–Trinajstić information content (AvgIpc) is 2.92. The lowest BCUT2D eigenvalue weighted by Crippen LogP contribution is -2.04. The minimum atomic E-state index is -0.970. The molecular weight excluding hydrogens is 270 g/mol. The molecule has 108 valence electrons. The lowest BCUT2D eigenvalue weighted by Gasteiger charge is -2.06. The van der Waals surface area contributed by atoms with Crippen molar-refractivity contribution in [1.29, 1.82) is 0 Å². The molecule has 0 aliphatic rings. The summed E-state index contributed by atoms with van der Waals surface area (Å²) < 4.78 is 7.16. The number of imidazole rings is 1. The second kappa shape index (κ2) is 4.73. The molecule has 1 N–H and O–H groups in total. The van der Waals surface area contributed by atoms with Gasteiger partial charge in [0.25, 0.3) is 0 Å². The fraction of sp³-hybridized carbons (Fsp3) is 0.267. The Balaban J connectivity index is 2.18. The van der Waals surface area contributed by atoms with E-state index in [-0.39, 0.29) is 5.56 Å². The molecular formula is C15H15N3O3. The van der Waals surface area contributed by atoms with E-state index in [1.54, 1.807) is 12.1 Å². The highest BCUT2D eigenvalue weighted by Gasteiger charge is 2.17. The summed E-state index contributed by atoms with van der Waals surface area (Å²) in [6, 6.07) is 5.17. The van der Waals surface area contributed by atoms with Crippen LogP contribution in [0.5, 0.6) is 0 Å². The number of hydrogen-bond donors (Lipinski definition) is 1. The molecule has 0 radical (unpaired) electrons. The highest BCUT2D eigenvalue weighted by atomic mass is 16.5. The Bertz CT molecular complexity index is 826. The Labute approximate surface area is 121 Å². The van der Waals surface area contributed by atoms with Gasteiger partial charge in [-0.2, -0.15) is 0 Å². The van der Waals surface area contributed by atoms with E-state index in [0.717, 1.165) is 28.4 Å². The summed E-state index contributed by atoms with van der Waals surface area (Å²) in [4.78, 5) is 15.7. The van der Waals surface area contributed by atoms with Gasteiger partial charge in [-0.15, -0.1) is 0 Å². The van der Waals surface area contributed by atoms with Gasteiger partial charge in [0, 0.05) is 5.56 Å². The van der Waals surface area contributed by atoms with Crippen molar-refractivity contribution in [2.75, 3.05) is 0 Å². The predicted octanol–water partition coefficient (Wildman–Crippen LogP) is 2.70. The van der Waals surface area contributed by atoms with Crippen LogP contribution in [0.15, 0.2) is 22.7 Å². The van der Waals surface area contributed by atoms with Crippen LogP contribution >= 0.6 is 0 Å². The molecule has 0 aliphatic carbocycles. The fourth-order valence-electron chi connectivity index (χ4n) is 2.52. The minimum Gasteiger partial charge on any atom is -0.478 e. The second-order valence-corrected chi connectivity index (χ2v) is 5.03. The maximum absolute atomic E-state index is 11.3. The number of fused-ring (bicyclic) bond motifs is 1. The number of aryl methyl sites for hydroxylation is 3. The Morgan fingerprint density at radius 3 is 2.71 bits per heavy atom. The molecule has 3 rings (SSSR count). The van der Waals surface area contributed by atoms with Crippen LogP contribution in [0.3, 0.4) is 0 Å². The van der Waals surface area contributed by atoms with Gasteiger partial charge in [-0.1, -0.05) is 11.2 Å². The first-order chi connectivity index (χ1) is 9.99. The van der Waals surface area contributed by atoms with Crippen LogP contribution in [0.4, 0.5) is 0 Å². The molecule has 0 atom stereocenters. The van der Waals surface area contributed by atoms with E-state index in [1.807, 2.05) is 31.4 Å². The van der Waals surface area contributed by atoms with Crippen molar-refractivity contribution < 1.29 is 14.4 Å². The molecule has 0 bridgehead atoms. The normalized spacial score (nSPS) is 11.2. The van der Waals surface area contributed by atoms with E-state index in [4.69, 9.17) is 4.52 Å². The molecule has 2 aromatic heterocycles. The summed E-state index contributed by atoms with van der Waals surface area (Å²) in [7, 11) is 0. The Hall–Kier alpha value is -2.63. The van der Waals surface area contributed by atoms with Crippen molar-refractivity contribution in [3.63, 3.8) is 0 Å². The Morgan fingerprint density at radius 2 is 2.10 bits per heavy atom. The third-order valence-electron chi connectivity index (χ3n) is 3.70. The molecule has 3 aromatic rings. The van der Waals surface area contributed by atoms with Gasteiger partial charge in [-0.3, -0.25) is 0 Å². The molecule has 21 heavy (non-hydrogen) atoms. The number of carboxylic acid groups (broad SMARTS) is 1. The van der Waals surface area contributed by atoms with E-state index in [9.17, 15) is 9.90 Å². The highest BCUT2D eigenvalue weighted by Crippen LogP contribution is 2.23. The number of nitrogens with zero attached hydrogens (tertiary/aromatic N) is 3. The molecule has 6 heteroatoms. The van der Waals surface area contributed by atoms with Crippen molar-refractivity contribution in [2.24, 2.45) is 0 Å². The first-order valence-corrected chi connectivity index (χ1v) is 6.60. The largest absolute Gasteiger partial charge is 0.478 e. The summed E-state index contributed by atoms with van der Waals surface area (Å²) >= 11 is 0. The average molecular weight is 285 g/mol. The maximum atomic E-state index is 11.3. The number of hydrogen-bond acceptors (Lipinski definition) is 4. The summed E-state index contributed by atoms with van der Waals surface area (Å²) in [5, 5.41) is 13.2. The van der Waals surface area contributed by atoms with Crippen molar-refractivity contribution in [3.05, 3.63) is 46.6 Å². The third-order valence-corrected chi connectivity index (χ3v) is 3.70. The van der Waals surface area contributed by atoms with Gasteiger partial charge < -0.3 is 14.2 Å². The zero-order valence-electron chi connectivity index (χ0n) is 12.0. The summed E-state index contributed by atoms with van der Waals surface area (Å²) in [6.45, 7) is 6.19. The van der Waals surface area contributed by atoms with Crippen LogP contribution < -0.4 is 0 Å². The molecule has 0 unspecified atom stereocenters. The molecule has 0 saturated heterocycles. The molecule has 0 amide bonds. The standard InChI is InChI=1S/C15H15N3O3/c1-8-12(9(2)21-17-8)7-18-10(3)16-14-11(15(19)20)5-4-6-13(14)18/h4-6H,7H2,1-3H3,(H,19,20). The molecule has 0 saturated carbocycles. The number of rotatable bonds is 3. The monoisotopic (exact) mass is 285 g/mol. The molecule has 6 nitrogen and oxygen atoms in total. The molecule has 0 fully saturated rings. The summed E-state index contributed by atoms with van der Waals surface area (Å²) in [5.74, 6) is 0.560. The van der Waals surface area contributed by atoms with Gasteiger partial charge in [0.2, 0.25) is 0 Å². The van der Waals surface area contributed by atoms with Gasteiger partial charge in [-0.05, 0) is 32.9 Å². The molecule has 0 spiro atoms. The second-order valence-electron chi connectivity index (χ2n) is 5.03. The number of carbonyl (C=O) groups is 1. The van der Waals surface area contributed by atoms with Crippen molar-refractivity contribution in [1.82, 2.24) is 14.7 Å². The van der Waals surface area contributed by atoms with E-state index in [1.165, 1.54) is 0 Å². The smallest absolute Gasteiger partial charge is 0.337 e. The minimum absolute atomic E-state index is 0.216. The lowest BCUT2D eigenvalue weighted by atomic mass is 10.1. The number of aromatic nitrogens is 3. The third kappa shape index (κ3) is 2.08. The summed E-state index contributed by atoms with van der Waals surface area (Å²) in [5.41, 5.74) is 3.36. The van der Waals surface area contributed by atoms with Gasteiger partial charge in [0.05, 0.1) is 23.3 Å². The van der Waals surface area contributed by atoms with E-state index in [2.05, 4.69) is 10.1 Å². The van der Waals surface area contributed by atoms with Crippen LogP contribution in [-0.2, 0) is 6.54 Å². The SMILES string of the molecule is Cc1noc(C)c1Cn1c(C)nc2c(C(=O)O)cccc21.